The minimum absolute atomic E-state index is 0.542. The van der Waals surface area contributed by atoms with Gasteiger partial charge >= 0.3 is 0 Å². The number of rotatable bonds is 2. The highest BCUT2D eigenvalue weighted by molar-refractivity contribution is 9.09. The van der Waals surface area contributed by atoms with Crippen molar-refractivity contribution in [1.82, 2.24) is 0 Å². The predicted octanol–water partition coefficient (Wildman–Crippen LogP) is 5.81. The summed E-state index contributed by atoms with van der Waals surface area (Å²) >= 11 is 4.04. The maximum atomic E-state index is 6.39. The monoisotopic (exact) mass is 356 g/mol. The van der Waals surface area contributed by atoms with Crippen molar-refractivity contribution in [2.24, 2.45) is 29.6 Å². The SMILES string of the molecule is CC1CCC(C2CC(Br)C(C3CCC(C)CC3)CO2)CC1. The Bertz CT molecular complexity index is 316. The minimum atomic E-state index is 0.542. The van der Waals surface area contributed by atoms with Crippen LogP contribution in [0.5, 0.6) is 0 Å². The zero-order valence-electron chi connectivity index (χ0n) is 13.9. The van der Waals surface area contributed by atoms with Gasteiger partial charge < -0.3 is 4.74 Å². The summed E-state index contributed by atoms with van der Waals surface area (Å²) in [6.45, 7) is 5.84. The van der Waals surface area contributed by atoms with Gasteiger partial charge in [0.2, 0.25) is 0 Å². The van der Waals surface area contributed by atoms with Crippen LogP contribution in [0.15, 0.2) is 0 Å². The second-order valence-corrected chi connectivity index (χ2v) is 9.50. The molecule has 0 bridgehead atoms. The van der Waals surface area contributed by atoms with Crippen molar-refractivity contribution in [1.29, 1.82) is 0 Å². The molecule has 2 aliphatic carbocycles. The summed E-state index contributed by atoms with van der Waals surface area (Å²) < 4.78 is 6.39. The Morgan fingerprint density at radius 1 is 0.762 bits per heavy atom. The Balaban J connectivity index is 1.50. The Labute approximate surface area is 139 Å². The number of alkyl halides is 1. The molecule has 3 fully saturated rings. The Hall–Kier alpha value is 0.440. The van der Waals surface area contributed by atoms with E-state index >= 15 is 0 Å². The second-order valence-electron chi connectivity index (χ2n) is 8.33. The molecule has 1 aliphatic heterocycles. The molecule has 0 aromatic heterocycles. The highest BCUT2D eigenvalue weighted by atomic mass is 79.9. The van der Waals surface area contributed by atoms with Crippen LogP contribution in [0.2, 0.25) is 0 Å². The summed E-state index contributed by atoms with van der Waals surface area (Å²) in [5, 5.41) is 0. The van der Waals surface area contributed by atoms with Crippen LogP contribution in [-0.2, 0) is 4.74 Å². The van der Waals surface area contributed by atoms with E-state index in [9.17, 15) is 0 Å². The van der Waals surface area contributed by atoms with Gasteiger partial charge in [0.1, 0.15) is 0 Å². The summed E-state index contributed by atoms with van der Waals surface area (Å²) in [5.74, 6) is 4.43. The van der Waals surface area contributed by atoms with E-state index in [1.807, 2.05) is 0 Å². The van der Waals surface area contributed by atoms with Crippen LogP contribution in [0.3, 0.4) is 0 Å². The van der Waals surface area contributed by atoms with Crippen molar-refractivity contribution in [3.05, 3.63) is 0 Å². The van der Waals surface area contributed by atoms with E-state index in [0.717, 1.165) is 36.2 Å². The maximum absolute atomic E-state index is 6.39. The highest BCUT2D eigenvalue weighted by Crippen LogP contribution is 2.43. The van der Waals surface area contributed by atoms with E-state index in [2.05, 4.69) is 29.8 Å². The molecule has 3 aliphatic rings. The molecule has 1 heterocycles. The number of hydrogen-bond acceptors (Lipinski definition) is 1. The molecule has 3 unspecified atom stereocenters. The Kier molecular flexibility index (Phi) is 5.70. The molecule has 21 heavy (non-hydrogen) atoms. The molecule has 1 saturated heterocycles. The van der Waals surface area contributed by atoms with Crippen LogP contribution in [0.1, 0.15) is 71.6 Å². The van der Waals surface area contributed by atoms with E-state index in [0.29, 0.717) is 10.9 Å². The van der Waals surface area contributed by atoms with Crippen molar-refractivity contribution in [3.63, 3.8) is 0 Å². The number of halogens is 1. The lowest BCUT2D eigenvalue weighted by atomic mass is 9.72. The van der Waals surface area contributed by atoms with Gasteiger partial charge in [-0.1, -0.05) is 55.5 Å². The molecule has 0 aromatic rings. The lowest BCUT2D eigenvalue weighted by Gasteiger charge is -2.43. The Morgan fingerprint density at radius 2 is 1.29 bits per heavy atom. The van der Waals surface area contributed by atoms with Crippen LogP contribution in [0.4, 0.5) is 0 Å². The van der Waals surface area contributed by atoms with Crippen molar-refractivity contribution >= 4 is 15.9 Å². The second kappa shape index (κ2) is 7.34. The zero-order valence-corrected chi connectivity index (χ0v) is 15.5. The molecule has 2 heteroatoms. The largest absolute Gasteiger partial charge is 0.378 e. The van der Waals surface area contributed by atoms with Gasteiger partial charge in [-0.05, 0) is 61.7 Å². The third kappa shape index (κ3) is 4.05. The van der Waals surface area contributed by atoms with Gasteiger partial charge in [-0.2, -0.15) is 0 Å². The van der Waals surface area contributed by atoms with E-state index in [1.54, 1.807) is 0 Å². The molecular formula is C19H33BrO. The highest BCUT2D eigenvalue weighted by Gasteiger charge is 2.39. The minimum Gasteiger partial charge on any atom is -0.378 e. The normalized spacial score (nSPS) is 49.0. The molecular weight excluding hydrogens is 324 g/mol. The average molecular weight is 357 g/mol. The molecule has 0 aromatic carbocycles. The third-order valence-corrected chi connectivity index (χ3v) is 7.73. The van der Waals surface area contributed by atoms with Gasteiger partial charge in [0.25, 0.3) is 0 Å². The van der Waals surface area contributed by atoms with Crippen LogP contribution in [0, 0.1) is 29.6 Å². The van der Waals surface area contributed by atoms with E-state index in [4.69, 9.17) is 4.74 Å². The molecule has 0 radical (unpaired) electrons. The van der Waals surface area contributed by atoms with Crippen molar-refractivity contribution in [2.75, 3.05) is 6.61 Å². The van der Waals surface area contributed by atoms with Crippen LogP contribution >= 0.6 is 15.9 Å². The third-order valence-electron chi connectivity index (χ3n) is 6.68. The van der Waals surface area contributed by atoms with Crippen molar-refractivity contribution < 1.29 is 4.74 Å². The maximum Gasteiger partial charge on any atom is 0.0614 e. The lowest BCUT2D eigenvalue weighted by molar-refractivity contribution is -0.0689. The van der Waals surface area contributed by atoms with E-state index in [1.165, 1.54) is 57.8 Å². The fourth-order valence-corrected chi connectivity index (χ4v) is 5.89. The smallest absolute Gasteiger partial charge is 0.0614 e. The van der Waals surface area contributed by atoms with Gasteiger partial charge in [0.05, 0.1) is 12.7 Å². The molecule has 3 rings (SSSR count). The summed E-state index contributed by atoms with van der Waals surface area (Å²) in [5.41, 5.74) is 0. The first-order chi connectivity index (χ1) is 10.1. The summed E-state index contributed by atoms with van der Waals surface area (Å²) in [6, 6.07) is 0. The number of hydrogen-bond donors (Lipinski definition) is 0. The van der Waals surface area contributed by atoms with Crippen LogP contribution < -0.4 is 0 Å². The van der Waals surface area contributed by atoms with Gasteiger partial charge in [-0.3, -0.25) is 0 Å². The quantitative estimate of drug-likeness (QED) is 0.567. The van der Waals surface area contributed by atoms with Gasteiger partial charge in [-0.25, -0.2) is 0 Å². The predicted molar refractivity (Wildman–Crippen MR) is 92.8 cm³/mol. The fourth-order valence-electron chi connectivity index (χ4n) is 4.94. The topological polar surface area (TPSA) is 9.23 Å². The molecule has 122 valence electrons. The standard InChI is InChI=1S/C19H33BrO/c1-13-3-7-15(8-4-13)17-12-21-19(11-18(17)20)16-9-5-14(2)6-10-16/h13-19H,3-12H2,1-2H3. The first-order valence-electron chi connectivity index (χ1n) is 9.39. The lowest BCUT2D eigenvalue weighted by Crippen LogP contribution is -2.42. The molecule has 1 nitrogen and oxygen atoms in total. The van der Waals surface area contributed by atoms with Crippen molar-refractivity contribution in [2.45, 2.75) is 82.6 Å². The molecule has 0 amide bonds. The summed E-state index contributed by atoms with van der Waals surface area (Å²) in [6.07, 6.45) is 13.2. The van der Waals surface area contributed by atoms with Crippen molar-refractivity contribution in [3.8, 4) is 0 Å². The van der Waals surface area contributed by atoms with Gasteiger partial charge in [0.15, 0.2) is 0 Å². The van der Waals surface area contributed by atoms with E-state index < -0.39 is 0 Å². The molecule has 3 atom stereocenters. The Morgan fingerprint density at radius 3 is 1.81 bits per heavy atom. The van der Waals surface area contributed by atoms with Crippen LogP contribution in [-0.4, -0.2) is 17.5 Å². The first-order valence-corrected chi connectivity index (χ1v) is 10.3. The van der Waals surface area contributed by atoms with Gasteiger partial charge in [-0.15, -0.1) is 0 Å². The van der Waals surface area contributed by atoms with Crippen LogP contribution in [0.25, 0.3) is 0 Å². The summed E-state index contributed by atoms with van der Waals surface area (Å²) in [7, 11) is 0. The fraction of sp³-hybridized carbons (Fsp3) is 1.00. The molecule has 0 spiro atoms. The van der Waals surface area contributed by atoms with Gasteiger partial charge in [0, 0.05) is 4.83 Å². The molecule has 0 N–H and O–H groups in total. The zero-order chi connectivity index (χ0) is 14.8. The number of ether oxygens (including phenoxy) is 1. The average Bonchev–Trinajstić information content (AvgIpc) is 2.49. The van der Waals surface area contributed by atoms with E-state index in [-0.39, 0.29) is 0 Å². The molecule has 2 saturated carbocycles. The summed E-state index contributed by atoms with van der Waals surface area (Å²) in [4.78, 5) is 0.703. The first kappa shape index (κ1) is 16.3.